The summed E-state index contributed by atoms with van der Waals surface area (Å²) in [6.07, 6.45) is 1.89. The summed E-state index contributed by atoms with van der Waals surface area (Å²) in [5.74, 6) is 0. The fourth-order valence-electron chi connectivity index (χ4n) is 1.92. The van der Waals surface area contributed by atoms with Gasteiger partial charge in [0, 0.05) is 12.3 Å². The molecule has 0 aromatic carbocycles. The van der Waals surface area contributed by atoms with Crippen molar-refractivity contribution >= 4 is 5.52 Å². The molecule has 0 bridgehead atoms. The number of aromatic nitrogens is 4. The first-order chi connectivity index (χ1) is 8.25. The number of fused-ring (bicyclic) bond motifs is 1. The van der Waals surface area contributed by atoms with Crippen molar-refractivity contribution in [3.8, 4) is 11.3 Å². The molecule has 0 saturated heterocycles. The molecular formula is C12H10N4O. The molecule has 0 radical (unpaired) electrons. The fraction of sp³-hybridized carbons (Fsp3) is 0.0833. The van der Waals surface area contributed by atoms with Gasteiger partial charge in [-0.25, -0.2) is 9.61 Å². The van der Waals surface area contributed by atoms with Gasteiger partial charge in [0.25, 0.3) is 5.56 Å². The Balaban J connectivity index is 2.33. The molecule has 17 heavy (non-hydrogen) atoms. The highest BCUT2D eigenvalue weighted by molar-refractivity contribution is 5.79. The Bertz CT molecular complexity index is 721. The molecule has 3 aromatic rings. The Labute approximate surface area is 96.7 Å². The average molecular weight is 226 g/mol. The first-order valence-corrected chi connectivity index (χ1v) is 5.26. The predicted octanol–water partition coefficient (Wildman–Crippen LogP) is 1.39. The minimum Gasteiger partial charge on any atom is -0.268 e. The molecule has 0 amide bonds. The Morgan fingerprint density at radius 3 is 2.88 bits per heavy atom. The number of aromatic amines is 1. The molecule has 0 fully saturated rings. The average Bonchev–Trinajstić information content (AvgIpc) is 2.66. The Kier molecular flexibility index (Phi) is 2.04. The maximum absolute atomic E-state index is 11.0. The largest absolute Gasteiger partial charge is 0.268 e. The highest BCUT2D eigenvalue weighted by Gasteiger charge is 2.11. The molecule has 3 heterocycles. The summed E-state index contributed by atoms with van der Waals surface area (Å²) < 4.78 is 1.80. The van der Waals surface area contributed by atoms with Crippen LogP contribution >= 0.6 is 0 Å². The van der Waals surface area contributed by atoms with Gasteiger partial charge in [-0.15, -0.1) is 0 Å². The summed E-state index contributed by atoms with van der Waals surface area (Å²) in [6, 6.07) is 9.02. The summed E-state index contributed by atoms with van der Waals surface area (Å²) in [4.78, 5) is 11.0. The van der Waals surface area contributed by atoms with E-state index in [0.29, 0.717) is 0 Å². The number of nitrogens with zero attached hydrogens (tertiary/aromatic N) is 3. The Hall–Kier alpha value is -2.43. The fourth-order valence-corrected chi connectivity index (χ4v) is 1.92. The molecule has 0 unspecified atom stereocenters. The maximum Gasteiger partial charge on any atom is 0.264 e. The van der Waals surface area contributed by atoms with Crippen LogP contribution in [0.3, 0.4) is 0 Å². The van der Waals surface area contributed by atoms with Crippen molar-refractivity contribution in [3.05, 3.63) is 52.6 Å². The number of nitrogens with one attached hydrogen (secondary N) is 1. The van der Waals surface area contributed by atoms with Gasteiger partial charge >= 0.3 is 0 Å². The Morgan fingerprint density at radius 1 is 1.24 bits per heavy atom. The third-order valence-electron chi connectivity index (χ3n) is 2.65. The molecule has 5 nitrogen and oxygen atoms in total. The van der Waals surface area contributed by atoms with Crippen molar-refractivity contribution < 1.29 is 0 Å². The lowest BCUT2D eigenvalue weighted by Gasteiger charge is -1.98. The lowest BCUT2D eigenvalue weighted by Crippen LogP contribution is -2.05. The summed E-state index contributed by atoms with van der Waals surface area (Å²) in [6.45, 7) is 1.93. The van der Waals surface area contributed by atoms with Crippen molar-refractivity contribution in [2.45, 2.75) is 6.92 Å². The quantitative estimate of drug-likeness (QED) is 0.682. The maximum atomic E-state index is 11.0. The smallest absolute Gasteiger partial charge is 0.264 e. The molecule has 0 aliphatic carbocycles. The third-order valence-corrected chi connectivity index (χ3v) is 2.65. The van der Waals surface area contributed by atoms with Gasteiger partial charge in [0.1, 0.15) is 0 Å². The van der Waals surface area contributed by atoms with Crippen LogP contribution in [0.15, 0.2) is 41.3 Å². The minimum absolute atomic E-state index is 0.206. The number of aryl methyl sites for hydroxylation is 1. The van der Waals surface area contributed by atoms with Crippen LogP contribution in [0.4, 0.5) is 0 Å². The Morgan fingerprint density at radius 2 is 2.12 bits per heavy atom. The van der Waals surface area contributed by atoms with E-state index < -0.39 is 0 Å². The summed E-state index contributed by atoms with van der Waals surface area (Å²) in [5.41, 5.74) is 3.33. The van der Waals surface area contributed by atoms with E-state index in [1.165, 1.54) is 6.07 Å². The van der Waals surface area contributed by atoms with E-state index in [-0.39, 0.29) is 5.56 Å². The van der Waals surface area contributed by atoms with Crippen molar-refractivity contribution in [2.24, 2.45) is 0 Å². The van der Waals surface area contributed by atoms with E-state index in [2.05, 4.69) is 15.3 Å². The normalized spacial score (nSPS) is 10.9. The van der Waals surface area contributed by atoms with Crippen LogP contribution in [-0.2, 0) is 0 Å². The molecule has 0 aliphatic rings. The van der Waals surface area contributed by atoms with Crippen molar-refractivity contribution in [2.75, 3.05) is 0 Å². The lowest BCUT2D eigenvalue weighted by atomic mass is 10.1. The van der Waals surface area contributed by atoms with Gasteiger partial charge in [-0.2, -0.15) is 10.2 Å². The second-order valence-electron chi connectivity index (χ2n) is 3.80. The van der Waals surface area contributed by atoms with Gasteiger partial charge in [-0.1, -0.05) is 6.07 Å². The van der Waals surface area contributed by atoms with Crippen molar-refractivity contribution in [1.29, 1.82) is 0 Å². The minimum atomic E-state index is -0.206. The molecule has 0 atom stereocenters. The molecule has 5 heteroatoms. The van der Waals surface area contributed by atoms with Crippen LogP contribution in [0.2, 0.25) is 0 Å². The van der Waals surface area contributed by atoms with Crippen LogP contribution in [0.1, 0.15) is 5.69 Å². The highest BCUT2D eigenvalue weighted by atomic mass is 16.1. The van der Waals surface area contributed by atoms with E-state index in [4.69, 9.17) is 0 Å². The first kappa shape index (κ1) is 9.77. The van der Waals surface area contributed by atoms with E-state index in [9.17, 15) is 4.79 Å². The molecule has 84 valence electrons. The van der Waals surface area contributed by atoms with Crippen molar-refractivity contribution in [3.63, 3.8) is 0 Å². The molecule has 3 aromatic heterocycles. The van der Waals surface area contributed by atoms with Gasteiger partial charge in [-0.3, -0.25) is 4.79 Å². The zero-order chi connectivity index (χ0) is 11.8. The molecule has 1 N–H and O–H groups in total. The summed E-state index contributed by atoms with van der Waals surface area (Å²) >= 11 is 0. The summed E-state index contributed by atoms with van der Waals surface area (Å²) in [5, 5.41) is 10.9. The molecule has 3 rings (SSSR count). The predicted molar refractivity (Wildman–Crippen MR) is 63.8 cm³/mol. The highest BCUT2D eigenvalue weighted by Crippen LogP contribution is 2.25. The zero-order valence-electron chi connectivity index (χ0n) is 9.21. The number of rotatable bonds is 1. The number of hydrogen-bond donors (Lipinski definition) is 1. The van der Waals surface area contributed by atoms with Crippen molar-refractivity contribution in [1.82, 2.24) is 19.8 Å². The first-order valence-electron chi connectivity index (χ1n) is 5.26. The SMILES string of the molecule is Cc1nn2ccccc2c1-c1ccc(=O)[nH]n1. The third kappa shape index (κ3) is 1.52. The van der Waals surface area contributed by atoms with E-state index in [1.807, 2.05) is 31.3 Å². The van der Waals surface area contributed by atoms with Gasteiger partial charge in [0.2, 0.25) is 0 Å². The second-order valence-corrected chi connectivity index (χ2v) is 3.80. The van der Waals surface area contributed by atoms with Gasteiger partial charge in [0.05, 0.1) is 22.5 Å². The molecular weight excluding hydrogens is 216 g/mol. The number of H-pyrrole nitrogens is 1. The van der Waals surface area contributed by atoms with Gasteiger partial charge < -0.3 is 0 Å². The van der Waals surface area contributed by atoms with Crippen LogP contribution < -0.4 is 5.56 Å². The molecule has 0 saturated carbocycles. The number of pyridine rings is 1. The molecule has 0 aliphatic heterocycles. The monoisotopic (exact) mass is 226 g/mol. The van der Waals surface area contributed by atoms with E-state index in [0.717, 1.165) is 22.5 Å². The van der Waals surface area contributed by atoms with Crippen LogP contribution in [-0.4, -0.2) is 19.8 Å². The second kappa shape index (κ2) is 3.55. The molecule has 0 spiro atoms. The zero-order valence-corrected chi connectivity index (χ0v) is 9.21. The standard InChI is InChI=1S/C12H10N4O/c1-8-12(9-5-6-11(17)14-13-9)10-4-2-3-7-16(10)15-8/h2-7H,1H3,(H,14,17). The van der Waals surface area contributed by atoms with Crippen LogP contribution in [0.5, 0.6) is 0 Å². The topological polar surface area (TPSA) is 63.1 Å². The van der Waals surface area contributed by atoms with Gasteiger partial charge in [-0.05, 0) is 25.1 Å². The van der Waals surface area contributed by atoms with Crippen LogP contribution in [0, 0.1) is 6.92 Å². The number of hydrogen-bond acceptors (Lipinski definition) is 3. The summed E-state index contributed by atoms with van der Waals surface area (Å²) in [7, 11) is 0. The lowest BCUT2D eigenvalue weighted by molar-refractivity contribution is 0.934. The van der Waals surface area contributed by atoms with Gasteiger partial charge in [0.15, 0.2) is 0 Å². The van der Waals surface area contributed by atoms with E-state index >= 15 is 0 Å². The van der Waals surface area contributed by atoms with Crippen LogP contribution in [0.25, 0.3) is 16.8 Å². The van der Waals surface area contributed by atoms with E-state index in [1.54, 1.807) is 10.6 Å².